The number of carboxylic acids is 2. The molecule has 1 aromatic heterocycles. The first-order valence-corrected chi connectivity index (χ1v) is 8.62. The van der Waals surface area contributed by atoms with Crippen LogP contribution in [0.2, 0.25) is 5.02 Å². The van der Waals surface area contributed by atoms with Gasteiger partial charge in [-0.3, -0.25) is 4.98 Å². The first kappa shape index (κ1) is 22.3. The Morgan fingerprint density at radius 1 is 1.07 bits per heavy atom. The predicted octanol–water partition coefficient (Wildman–Crippen LogP) is 3.53. The zero-order valence-electron chi connectivity index (χ0n) is 15.2. The van der Waals surface area contributed by atoms with Gasteiger partial charge >= 0.3 is 11.9 Å². The predicted molar refractivity (Wildman–Crippen MR) is 105 cm³/mol. The minimum atomic E-state index is -1.26. The van der Waals surface area contributed by atoms with Crippen molar-refractivity contribution in [2.24, 2.45) is 0 Å². The van der Waals surface area contributed by atoms with Crippen LogP contribution in [0.5, 0.6) is 0 Å². The maximum atomic E-state index is 9.55. The minimum absolute atomic E-state index is 0.320. The molecular weight excluding hydrogens is 368 g/mol. The van der Waals surface area contributed by atoms with Gasteiger partial charge in [0, 0.05) is 35.0 Å². The third-order valence-corrected chi connectivity index (χ3v) is 3.80. The summed E-state index contributed by atoms with van der Waals surface area (Å²) in [5.74, 6) is -2.19. The maximum Gasteiger partial charge on any atom is 0.328 e. The van der Waals surface area contributed by atoms with Crippen molar-refractivity contribution in [3.63, 3.8) is 0 Å². The maximum absolute atomic E-state index is 9.55. The van der Waals surface area contributed by atoms with Gasteiger partial charge in [0.1, 0.15) is 0 Å². The fraction of sp³-hybridized carbons (Fsp3) is 0.250. The molecule has 1 atom stereocenters. The molecule has 0 spiro atoms. The lowest BCUT2D eigenvalue weighted by atomic mass is 9.92. The Bertz CT molecular complexity index is 730. The van der Waals surface area contributed by atoms with Crippen molar-refractivity contribution in [2.75, 3.05) is 20.6 Å². The van der Waals surface area contributed by atoms with Crippen molar-refractivity contribution in [2.45, 2.75) is 12.3 Å². The summed E-state index contributed by atoms with van der Waals surface area (Å²) in [6, 6.07) is 14.2. The van der Waals surface area contributed by atoms with Crippen molar-refractivity contribution in [3.8, 4) is 0 Å². The molecule has 0 unspecified atom stereocenters. The van der Waals surface area contributed by atoms with E-state index in [9.17, 15) is 9.59 Å². The Labute approximate surface area is 163 Å². The Morgan fingerprint density at radius 3 is 2.11 bits per heavy atom. The Hall–Kier alpha value is -2.70. The smallest absolute Gasteiger partial charge is 0.328 e. The number of hydrogen-bond donors (Lipinski definition) is 2. The molecule has 0 amide bonds. The van der Waals surface area contributed by atoms with E-state index in [1.165, 1.54) is 5.56 Å². The summed E-state index contributed by atoms with van der Waals surface area (Å²) in [5.41, 5.74) is 2.39. The summed E-state index contributed by atoms with van der Waals surface area (Å²) in [4.78, 5) is 25.8. The lowest BCUT2D eigenvalue weighted by molar-refractivity contribution is -0.134. The number of rotatable bonds is 7. The molecular formula is C20H23ClN2O4. The summed E-state index contributed by atoms with van der Waals surface area (Å²) >= 11 is 5.97. The van der Waals surface area contributed by atoms with Crippen LogP contribution in [0, 0.1) is 0 Å². The second-order valence-corrected chi connectivity index (χ2v) is 6.40. The lowest BCUT2D eigenvalue weighted by Crippen LogP contribution is -2.17. The van der Waals surface area contributed by atoms with Crippen LogP contribution in [0.3, 0.4) is 0 Å². The highest BCUT2D eigenvalue weighted by Gasteiger charge is 2.15. The zero-order chi connectivity index (χ0) is 20.2. The number of pyridine rings is 1. The summed E-state index contributed by atoms with van der Waals surface area (Å²) in [6.07, 6.45) is 4.02. The topological polar surface area (TPSA) is 90.7 Å². The quantitative estimate of drug-likeness (QED) is 0.703. The summed E-state index contributed by atoms with van der Waals surface area (Å²) in [7, 11) is 4.19. The Balaban J connectivity index is 0.000000387. The first-order chi connectivity index (χ1) is 12.8. The highest BCUT2D eigenvalue weighted by molar-refractivity contribution is 6.30. The number of carboxylic acid groups (broad SMARTS) is 2. The van der Waals surface area contributed by atoms with Crippen LogP contribution in [0.4, 0.5) is 0 Å². The standard InChI is InChI=1S/C16H19ClN2.C4H4O4/c1-19(2)12-10-15(16-5-3-4-11-18-16)13-6-8-14(17)9-7-13;5-3(6)1-2-4(7)8/h3-9,11,15H,10,12H2,1-2H3;1-2H,(H,5,6)(H,7,8)/t15-;/m0./s1. The van der Waals surface area contributed by atoms with Gasteiger partial charge in [-0.25, -0.2) is 9.59 Å². The Morgan fingerprint density at radius 2 is 1.67 bits per heavy atom. The third-order valence-electron chi connectivity index (χ3n) is 3.55. The van der Waals surface area contributed by atoms with E-state index >= 15 is 0 Å². The van der Waals surface area contributed by atoms with Gasteiger partial charge in [-0.05, 0) is 56.9 Å². The van der Waals surface area contributed by atoms with E-state index in [0.29, 0.717) is 18.1 Å². The number of nitrogens with zero attached hydrogens (tertiary/aromatic N) is 2. The summed E-state index contributed by atoms with van der Waals surface area (Å²) in [5, 5.41) is 16.4. The van der Waals surface area contributed by atoms with Gasteiger partial charge in [0.25, 0.3) is 0 Å². The molecule has 27 heavy (non-hydrogen) atoms. The van der Waals surface area contributed by atoms with Crippen molar-refractivity contribution in [1.82, 2.24) is 9.88 Å². The molecule has 2 N–H and O–H groups in total. The Kier molecular flexibility index (Phi) is 9.79. The number of aliphatic carboxylic acids is 2. The number of aromatic nitrogens is 1. The largest absolute Gasteiger partial charge is 0.478 e. The van der Waals surface area contributed by atoms with Crippen molar-refractivity contribution in [1.29, 1.82) is 0 Å². The van der Waals surface area contributed by atoms with E-state index in [2.05, 4.69) is 42.2 Å². The molecule has 0 radical (unpaired) electrons. The van der Waals surface area contributed by atoms with Gasteiger partial charge in [-0.1, -0.05) is 29.8 Å². The van der Waals surface area contributed by atoms with Crippen LogP contribution in [0.15, 0.2) is 60.8 Å². The number of carbonyl (C=O) groups is 2. The lowest BCUT2D eigenvalue weighted by Gasteiger charge is -2.19. The molecule has 0 fully saturated rings. The molecule has 2 rings (SSSR count). The van der Waals surface area contributed by atoms with Gasteiger partial charge in [0.15, 0.2) is 0 Å². The highest BCUT2D eigenvalue weighted by atomic mass is 35.5. The highest BCUT2D eigenvalue weighted by Crippen LogP contribution is 2.27. The molecule has 7 heteroatoms. The van der Waals surface area contributed by atoms with Crippen LogP contribution in [-0.4, -0.2) is 52.7 Å². The van der Waals surface area contributed by atoms with Crippen molar-refractivity contribution in [3.05, 3.63) is 77.1 Å². The molecule has 0 saturated heterocycles. The fourth-order valence-corrected chi connectivity index (χ4v) is 2.42. The van der Waals surface area contributed by atoms with Gasteiger partial charge < -0.3 is 15.1 Å². The van der Waals surface area contributed by atoms with Crippen LogP contribution in [0.1, 0.15) is 23.6 Å². The van der Waals surface area contributed by atoms with Crippen LogP contribution in [0.25, 0.3) is 0 Å². The van der Waals surface area contributed by atoms with Gasteiger partial charge in [0.2, 0.25) is 0 Å². The second kappa shape index (κ2) is 11.8. The third kappa shape index (κ3) is 9.53. The van der Waals surface area contributed by atoms with Crippen LogP contribution >= 0.6 is 11.6 Å². The molecule has 144 valence electrons. The molecule has 0 bridgehead atoms. The van der Waals surface area contributed by atoms with Gasteiger partial charge in [-0.2, -0.15) is 0 Å². The average Bonchev–Trinajstić information content (AvgIpc) is 2.63. The van der Waals surface area contributed by atoms with E-state index in [0.717, 1.165) is 23.7 Å². The summed E-state index contributed by atoms with van der Waals surface area (Å²) < 4.78 is 0. The van der Waals surface area contributed by atoms with E-state index < -0.39 is 11.9 Å². The number of hydrogen-bond acceptors (Lipinski definition) is 4. The van der Waals surface area contributed by atoms with Gasteiger partial charge in [0.05, 0.1) is 0 Å². The molecule has 0 aliphatic heterocycles. The first-order valence-electron chi connectivity index (χ1n) is 8.24. The van der Waals surface area contributed by atoms with Crippen LogP contribution < -0.4 is 0 Å². The van der Waals surface area contributed by atoms with E-state index in [-0.39, 0.29) is 0 Å². The SMILES string of the molecule is CN(C)CC[C@@H](c1ccc(Cl)cc1)c1ccccn1.O=C(O)C=CC(=O)O. The molecule has 0 saturated carbocycles. The summed E-state index contributed by atoms with van der Waals surface area (Å²) in [6.45, 7) is 1.03. The van der Waals surface area contributed by atoms with Crippen molar-refractivity contribution < 1.29 is 19.8 Å². The molecule has 2 aromatic rings. The second-order valence-electron chi connectivity index (χ2n) is 5.96. The average molecular weight is 391 g/mol. The molecule has 6 nitrogen and oxygen atoms in total. The molecule has 1 aromatic carbocycles. The van der Waals surface area contributed by atoms with E-state index in [4.69, 9.17) is 21.8 Å². The van der Waals surface area contributed by atoms with Gasteiger partial charge in [-0.15, -0.1) is 0 Å². The molecule has 0 aliphatic carbocycles. The monoisotopic (exact) mass is 390 g/mol. The fourth-order valence-electron chi connectivity index (χ4n) is 2.29. The van der Waals surface area contributed by atoms with E-state index in [1.54, 1.807) is 0 Å². The normalized spacial score (nSPS) is 11.7. The zero-order valence-corrected chi connectivity index (χ0v) is 16.0. The molecule has 1 heterocycles. The van der Waals surface area contributed by atoms with E-state index in [1.807, 2.05) is 30.5 Å². The molecule has 0 aliphatic rings. The van der Waals surface area contributed by atoms with Crippen LogP contribution in [-0.2, 0) is 9.59 Å². The number of benzene rings is 1. The number of halogens is 1. The minimum Gasteiger partial charge on any atom is -0.478 e. The van der Waals surface area contributed by atoms with Crippen molar-refractivity contribution >= 4 is 23.5 Å².